The number of aliphatic hydroxyl groups excluding tert-OH is 2. The number of ether oxygens (including phenoxy) is 1. The van der Waals surface area contributed by atoms with E-state index in [-0.39, 0.29) is 42.8 Å². The summed E-state index contributed by atoms with van der Waals surface area (Å²) >= 11 is 0. The summed E-state index contributed by atoms with van der Waals surface area (Å²) in [6.07, 6.45) is 12.5. The van der Waals surface area contributed by atoms with Crippen LogP contribution in [0.15, 0.2) is 0 Å². The Bertz CT molecular complexity index is 318. The van der Waals surface area contributed by atoms with E-state index in [1.165, 1.54) is 57.8 Å². The van der Waals surface area contributed by atoms with Crippen molar-refractivity contribution in [3.63, 3.8) is 0 Å². The molecular weight excluding hydrogens is 347 g/mol. The van der Waals surface area contributed by atoms with Gasteiger partial charge >= 0.3 is 40.0 Å². The van der Waals surface area contributed by atoms with E-state index in [0.717, 1.165) is 6.42 Å². The number of hydrogen-bond donors (Lipinski definition) is 4. The van der Waals surface area contributed by atoms with Gasteiger partial charge in [-0.3, -0.25) is 9.11 Å². The molecule has 0 heterocycles. The molecule has 1 unspecified atom stereocenters. The fourth-order valence-corrected chi connectivity index (χ4v) is 1.96. The maximum absolute atomic E-state index is 9.04. The summed E-state index contributed by atoms with van der Waals surface area (Å²) in [4.78, 5) is 0. The van der Waals surface area contributed by atoms with Gasteiger partial charge in [-0.2, -0.15) is 8.42 Å². The van der Waals surface area contributed by atoms with Gasteiger partial charge in [-0.05, 0) is 6.42 Å². The predicted octanol–water partition coefficient (Wildman–Crippen LogP) is 1.98. The van der Waals surface area contributed by atoms with Crippen LogP contribution in [0.5, 0.6) is 0 Å². The van der Waals surface area contributed by atoms with Gasteiger partial charge in [0.25, 0.3) is 0 Å². The van der Waals surface area contributed by atoms with Crippen LogP contribution in [0.3, 0.4) is 0 Å². The minimum absolute atomic E-state index is 0. The number of unbranched alkanes of at least 4 members (excludes halogenated alkanes) is 9. The van der Waals surface area contributed by atoms with Crippen LogP contribution >= 0.6 is 0 Å². The van der Waals surface area contributed by atoms with Crippen LogP contribution < -0.4 is 0 Å². The van der Waals surface area contributed by atoms with E-state index in [2.05, 4.69) is 6.92 Å². The van der Waals surface area contributed by atoms with Crippen molar-refractivity contribution in [3.8, 4) is 0 Å². The van der Waals surface area contributed by atoms with Crippen LogP contribution in [0.1, 0.15) is 71.1 Å². The van der Waals surface area contributed by atoms with Crippen molar-refractivity contribution in [1.82, 2.24) is 0 Å². The summed E-state index contributed by atoms with van der Waals surface area (Å²) in [7, 11) is -4.67. The first-order valence-electron chi connectivity index (χ1n) is 8.37. The molecule has 0 aliphatic rings. The van der Waals surface area contributed by atoms with Crippen LogP contribution in [0, 0.1) is 0 Å². The fraction of sp³-hybridized carbons (Fsp3) is 1.00. The Morgan fingerprint density at radius 3 is 1.62 bits per heavy atom. The molecule has 24 heavy (non-hydrogen) atoms. The van der Waals surface area contributed by atoms with Crippen LogP contribution in [0.2, 0.25) is 0 Å². The van der Waals surface area contributed by atoms with Crippen LogP contribution in [0.4, 0.5) is 0 Å². The van der Waals surface area contributed by atoms with Gasteiger partial charge in [0.05, 0.1) is 13.2 Å². The first-order valence-corrected chi connectivity index (χ1v) is 9.77. The monoisotopic (exact) mass is 382 g/mol. The zero-order valence-electron chi connectivity index (χ0n) is 14.2. The molecule has 1 atom stereocenters. The molecule has 0 spiro atoms. The molecule has 9 heteroatoms. The van der Waals surface area contributed by atoms with E-state index >= 15 is 0 Å². The Balaban J connectivity index is -0.000000639. The quantitative estimate of drug-likeness (QED) is 0.206. The first-order chi connectivity index (χ1) is 10.8. The van der Waals surface area contributed by atoms with Gasteiger partial charge in [0.2, 0.25) is 0 Å². The molecule has 0 aliphatic heterocycles. The third kappa shape index (κ3) is 38.4. The average Bonchev–Trinajstić information content (AvgIpc) is 2.46. The summed E-state index contributed by atoms with van der Waals surface area (Å²) in [5.41, 5.74) is 0. The molecule has 0 rings (SSSR count). The third-order valence-corrected chi connectivity index (χ3v) is 3.16. The van der Waals surface area contributed by atoms with Crippen molar-refractivity contribution in [2.24, 2.45) is 0 Å². The van der Waals surface area contributed by atoms with E-state index in [9.17, 15) is 0 Å². The first kappa shape index (κ1) is 29.5. The molecule has 7 nitrogen and oxygen atoms in total. The van der Waals surface area contributed by atoms with Crippen molar-refractivity contribution in [2.45, 2.75) is 77.2 Å². The normalized spacial score (nSPS) is 12.0. The molecule has 0 fully saturated rings. The van der Waals surface area contributed by atoms with Gasteiger partial charge in [-0.1, -0.05) is 64.7 Å². The summed E-state index contributed by atoms with van der Waals surface area (Å²) in [6, 6.07) is 0. The molecular formula is C15H35NaO7S. The zero-order chi connectivity index (χ0) is 18.0. The molecule has 0 bridgehead atoms. The van der Waals surface area contributed by atoms with Crippen molar-refractivity contribution >= 4 is 40.0 Å². The van der Waals surface area contributed by atoms with Crippen molar-refractivity contribution in [3.05, 3.63) is 0 Å². The van der Waals surface area contributed by atoms with E-state index in [1.807, 2.05) is 0 Å². The van der Waals surface area contributed by atoms with Crippen LogP contribution in [-0.2, 0) is 15.1 Å². The van der Waals surface area contributed by atoms with Gasteiger partial charge in [0, 0.05) is 6.61 Å². The number of aliphatic hydroxyl groups is 2. The fourth-order valence-electron chi connectivity index (χ4n) is 1.96. The Morgan fingerprint density at radius 2 is 1.25 bits per heavy atom. The zero-order valence-corrected chi connectivity index (χ0v) is 15.0. The molecule has 0 radical (unpaired) electrons. The van der Waals surface area contributed by atoms with E-state index in [1.54, 1.807) is 0 Å². The number of hydrogen-bond acceptors (Lipinski definition) is 5. The molecule has 0 aliphatic carbocycles. The molecule has 0 aromatic heterocycles. The Morgan fingerprint density at radius 1 is 0.875 bits per heavy atom. The molecule has 4 N–H and O–H groups in total. The van der Waals surface area contributed by atoms with Gasteiger partial charge < -0.3 is 14.9 Å². The Kier molecular flexibility index (Phi) is 26.8. The van der Waals surface area contributed by atoms with Gasteiger partial charge in [-0.15, -0.1) is 0 Å². The van der Waals surface area contributed by atoms with E-state index in [0.29, 0.717) is 6.61 Å². The van der Waals surface area contributed by atoms with Crippen molar-refractivity contribution in [2.75, 3.05) is 19.8 Å². The standard InChI is InChI=1S/C15H32O3.Na.H2O4S.H/c1-2-3-4-5-6-7-8-9-10-11-12-18-14-15(17)13-16;;1-5(2,3)4;/h15-17H,2-14H2,1H3;;(H2,1,2,3,4);. The van der Waals surface area contributed by atoms with Crippen molar-refractivity contribution in [1.29, 1.82) is 0 Å². The third-order valence-electron chi connectivity index (χ3n) is 3.16. The topological polar surface area (TPSA) is 124 Å². The van der Waals surface area contributed by atoms with Gasteiger partial charge in [0.1, 0.15) is 6.10 Å². The Hall–Kier alpha value is 0.750. The second kappa shape index (κ2) is 21.8. The summed E-state index contributed by atoms with van der Waals surface area (Å²) in [6.45, 7) is 3.00. The Labute approximate surface area is 169 Å². The predicted molar refractivity (Wildman–Crippen MR) is 97.1 cm³/mol. The average molecular weight is 382 g/mol. The molecule has 144 valence electrons. The second-order valence-corrected chi connectivity index (χ2v) is 6.44. The van der Waals surface area contributed by atoms with Crippen LogP contribution in [-0.4, -0.2) is 83.2 Å². The van der Waals surface area contributed by atoms with E-state index in [4.69, 9.17) is 32.5 Å². The molecule has 0 saturated heterocycles. The SMILES string of the molecule is CCCCCCCCCCCCOCC(O)CO.O=S(=O)(O)O.[NaH]. The van der Waals surface area contributed by atoms with Crippen molar-refractivity contribution < 1.29 is 32.5 Å². The number of rotatable bonds is 14. The van der Waals surface area contributed by atoms with E-state index < -0.39 is 16.5 Å². The maximum atomic E-state index is 9.04. The van der Waals surface area contributed by atoms with Gasteiger partial charge in [0.15, 0.2) is 0 Å². The summed E-state index contributed by atoms with van der Waals surface area (Å²) in [5, 5.41) is 17.6. The van der Waals surface area contributed by atoms with Crippen LogP contribution in [0.25, 0.3) is 0 Å². The summed E-state index contributed by atoms with van der Waals surface area (Å²) < 4.78 is 36.8. The molecule has 0 amide bonds. The molecule has 0 aromatic rings. The summed E-state index contributed by atoms with van der Waals surface area (Å²) in [5.74, 6) is 0. The van der Waals surface area contributed by atoms with Gasteiger partial charge in [-0.25, -0.2) is 0 Å². The second-order valence-electron chi connectivity index (χ2n) is 5.54. The molecule has 0 aromatic carbocycles. The minimum atomic E-state index is -4.67. The molecule has 0 saturated carbocycles.